The lowest BCUT2D eigenvalue weighted by molar-refractivity contribution is -0.142. The Morgan fingerprint density at radius 2 is 2.05 bits per heavy atom. The number of carboxylic acids is 1. The SMILES string of the molecule is O=C(O)C1CC2CCC1N2C(=O)Nc1cc(F)ccc1F. The average molecular weight is 296 g/mol. The number of nitrogens with one attached hydrogen (secondary N) is 1. The fourth-order valence-corrected chi connectivity index (χ4v) is 3.34. The molecule has 2 N–H and O–H groups in total. The van der Waals surface area contributed by atoms with Crippen molar-refractivity contribution in [3.63, 3.8) is 0 Å². The lowest BCUT2D eigenvalue weighted by Gasteiger charge is -2.23. The van der Waals surface area contributed by atoms with Gasteiger partial charge in [0.25, 0.3) is 0 Å². The van der Waals surface area contributed by atoms with E-state index in [0.717, 1.165) is 24.6 Å². The summed E-state index contributed by atoms with van der Waals surface area (Å²) in [5, 5.41) is 11.5. The minimum Gasteiger partial charge on any atom is -0.481 e. The highest BCUT2D eigenvalue weighted by molar-refractivity contribution is 5.91. The molecule has 2 amide bonds. The molecule has 7 heteroatoms. The molecular formula is C14H14F2N2O3. The number of benzene rings is 1. The van der Waals surface area contributed by atoms with Gasteiger partial charge in [-0.05, 0) is 31.4 Å². The zero-order valence-electron chi connectivity index (χ0n) is 11.1. The molecule has 1 aromatic rings. The topological polar surface area (TPSA) is 69.6 Å². The van der Waals surface area contributed by atoms with Gasteiger partial charge in [-0.3, -0.25) is 4.79 Å². The van der Waals surface area contributed by atoms with Crippen LogP contribution in [0.4, 0.5) is 19.3 Å². The van der Waals surface area contributed by atoms with Gasteiger partial charge in [0.1, 0.15) is 11.6 Å². The van der Waals surface area contributed by atoms with E-state index in [4.69, 9.17) is 5.11 Å². The van der Waals surface area contributed by atoms with Crippen LogP contribution in [0.3, 0.4) is 0 Å². The minimum atomic E-state index is -0.920. The van der Waals surface area contributed by atoms with E-state index in [2.05, 4.69) is 5.32 Å². The Balaban J connectivity index is 1.77. The van der Waals surface area contributed by atoms with Gasteiger partial charge in [-0.15, -0.1) is 0 Å². The molecule has 2 heterocycles. The molecule has 3 rings (SSSR count). The zero-order valence-corrected chi connectivity index (χ0v) is 11.1. The number of aliphatic carboxylic acids is 1. The van der Waals surface area contributed by atoms with Crippen molar-refractivity contribution in [2.24, 2.45) is 5.92 Å². The van der Waals surface area contributed by atoms with Crippen LogP contribution in [0.1, 0.15) is 19.3 Å². The van der Waals surface area contributed by atoms with Crippen molar-refractivity contribution >= 4 is 17.7 Å². The van der Waals surface area contributed by atoms with Crippen LogP contribution in [-0.2, 0) is 4.79 Å². The molecule has 3 unspecified atom stereocenters. The summed E-state index contributed by atoms with van der Waals surface area (Å²) in [4.78, 5) is 24.9. The van der Waals surface area contributed by atoms with Gasteiger partial charge in [-0.1, -0.05) is 0 Å². The number of fused-ring (bicyclic) bond motifs is 2. The first kappa shape index (κ1) is 13.8. The van der Waals surface area contributed by atoms with Crippen molar-refractivity contribution in [1.29, 1.82) is 0 Å². The number of carbonyl (C=O) groups excluding carboxylic acids is 1. The quantitative estimate of drug-likeness (QED) is 0.880. The van der Waals surface area contributed by atoms with Gasteiger partial charge in [0, 0.05) is 18.2 Å². The molecule has 2 fully saturated rings. The Labute approximate surface area is 119 Å². The van der Waals surface area contributed by atoms with E-state index in [9.17, 15) is 18.4 Å². The van der Waals surface area contributed by atoms with Gasteiger partial charge in [0.15, 0.2) is 0 Å². The third-order valence-electron chi connectivity index (χ3n) is 4.26. The van der Waals surface area contributed by atoms with Gasteiger partial charge >= 0.3 is 12.0 Å². The van der Waals surface area contributed by atoms with Crippen molar-refractivity contribution < 1.29 is 23.5 Å². The third-order valence-corrected chi connectivity index (χ3v) is 4.26. The molecule has 2 bridgehead atoms. The molecule has 2 aliphatic heterocycles. The molecule has 5 nitrogen and oxygen atoms in total. The maximum absolute atomic E-state index is 13.5. The second kappa shape index (κ2) is 4.98. The van der Waals surface area contributed by atoms with Crippen LogP contribution < -0.4 is 5.32 Å². The standard InChI is InChI=1S/C14H14F2N2O3/c15-7-1-3-10(16)11(5-7)17-14(21)18-8-2-4-12(18)9(6-8)13(19)20/h1,3,5,8-9,12H,2,4,6H2,(H,17,21)(H,19,20). The first-order chi connectivity index (χ1) is 9.97. The lowest BCUT2D eigenvalue weighted by atomic mass is 9.89. The average Bonchev–Trinajstić information content (AvgIpc) is 3.00. The summed E-state index contributed by atoms with van der Waals surface area (Å²) in [6, 6.07) is 1.71. The molecule has 0 aliphatic carbocycles. The highest BCUT2D eigenvalue weighted by Crippen LogP contribution is 2.42. The van der Waals surface area contributed by atoms with Crippen LogP contribution in [0.5, 0.6) is 0 Å². The molecule has 0 saturated carbocycles. The highest BCUT2D eigenvalue weighted by atomic mass is 19.1. The predicted octanol–water partition coefficient (Wildman–Crippen LogP) is 2.43. The number of hydrogen-bond acceptors (Lipinski definition) is 2. The van der Waals surface area contributed by atoms with Crippen LogP contribution in [-0.4, -0.2) is 34.1 Å². The Hall–Kier alpha value is -2.18. The molecular weight excluding hydrogens is 282 g/mol. The van der Waals surface area contributed by atoms with E-state index >= 15 is 0 Å². The summed E-state index contributed by atoms with van der Waals surface area (Å²) in [6.07, 6.45) is 1.78. The number of amides is 2. The first-order valence-electron chi connectivity index (χ1n) is 6.74. The fraction of sp³-hybridized carbons (Fsp3) is 0.429. The van der Waals surface area contributed by atoms with Crippen molar-refractivity contribution in [3.05, 3.63) is 29.8 Å². The predicted molar refractivity (Wildman–Crippen MR) is 69.8 cm³/mol. The largest absolute Gasteiger partial charge is 0.481 e. The maximum Gasteiger partial charge on any atom is 0.322 e. The normalized spacial score (nSPS) is 27.0. The Morgan fingerprint density at radius 3 is 2.71 bits per heavy atom. The molecule has 2 saturated heterocycles. The van der Waals surface area contributed by atoms with Crippen LogP contribution in [0, 0.1) is 17.6 Å². The summed E-state index contributed by atoms with van der Waals surface area (Å²) in [5.41, 5.74) is -0.238. The highest BCUT2D eigenvalue weighted by Gasteiger charge is 2.51. The number of urea groups is 1. The molecule has 112 valence electrons. The smallest absolute Gasteiger partial charge is 0.322 e. The maximum atomic E-state index is 13.5. The minimum absolute atomic E-state index is 0.146. The van der Waals surface area contributed by atoms with E-state index < -0.39 is 29.6 Å². The summed E-state index contributed by atoms with van der Waals surface area (Å²) in [7, 11) is 0. The third kappa shape index (κ3) is 2.32. The van der Waals surface area contributed by atoms with Gasteiger partial charge < -0.3 is 15.3 Å². The van der Waals surface area contributed by atoms with Gasteiger partial charge in [-0.25, -0.2) is 13.6 Å². The van der Waals surface area contributed by atoms with Crippen molar-refractivity contribution in [3.8, 4) is 0 Å². The molecule has 0 spiro atoms. The molecule has 21 heavy (non-hydrogen) atoms. The van der Waals surface area contributed by atoms with Crippen molar-refractivity contribution in [2.45, 2.75) is 31.3 Å². The van der Waals surface area contributed by atoms with Crippen molar-refractivity contribution in [2.75, 3.05) is 5.32 Å². The number of hydrogen-bond donors (Lipinski definition) is 2. The number of anilines is 1. The lowest BCUT2D eigenvalue weighted by Crippen LogP contribution is -2.40. The first-order valence-corrected chi connectivity index (χ1v) is 6.74. The van der Waals surface area contributed by atoms with E-state index in [1.807, 2.05) is 0 Å². The summed E-state index contributed by atoms with van der Waals surface area (Å²) >= 11 is 0. The molecule has 2 aliphatic rings. The molecule has 1 aromatic carbocycles. The Bertz CT molecular complexity index is 608. The van der Waals surface area contributed by atoms with E-state index in [-0.39, 0.29) is 17.8 Å². The molecule has 0 aromatic heterocycles. The molecule has 3 atom stereocenters. The Morgan fingerprint density at radius 1 is 1.29 bits per heavy atom. The van der Waals surface area contributed by atoms with Crippen LogP contribution >= 0.6 is 0 Å². The summed E-state index contributed by atoms with van der Waals surface area (Å²) < 4.78 is 26.6. The van der Waals surface area contributed by atoms with Crippen LogP contribution in [0.2, 0.25) is 0 Å². The monoisotopic (exact) mass is 296 g/mol. The second-order valence-corrected chi connectivity index (χ2v) is 5.44. The van der Waals surface area contributed by atoms with Gasteiger partial charge in [0.05, 0.1) is 11.6 Å². The zero-order chi connectivity index (χ0) is 15.1. The Kier molecular flexibility index (Phi) is 3.27. The van der Waals surface area contributed by atoms with Crippen LogP contribution in [0.15, 0.2) is 18.2 Å². The molecule has 0 radical (unpaired) electrons. The number of rotatable bonds is 2. The van der Waals surface area contributed by atoms with Crippen LogP contribution in [0.25, 0.3) is 0 Å². The number of nitrogens with zero attached hydrogens (tertiary/aromatic N) is 1. The summed E-state index contributed by atoms with van der Waals surface area (Å²) in [5.74, 6) is -2.88. The number of halogens is 2. The number of carbonyl (C=O) groups is 2. The van der Waals surface area contributed by atoms with E-state index in [0.29, 0.717) is 12.8 Å². The van der Waals surface area contributed by atoms with Gasteiger partial charge in [-0.2, -0.15) is 0 Å². The van der Waals surface area contributed by atoms with Crippen molar-refractivity contribution in [1.82, 2.24) is 4.90 Å². The second-order valence-electron chi connectivity index (χ2n) is 5.44. The van der Waals surface area contributed by atoms with E-state index in [1.54, 1.807) is 0 Å². The number of carboxylic acid groups (broad SMARTS) is 1. The fourth-order valence-electron chi connectivity index (χ4n) is 3.34. The van der Waals surface area contributed by atoms with E-state index in [1.165, 1.54) is 4.90 Å². The summed E-state index contributed by atoms with van der Waals surface area (Å²) in [6.45, 7) is 0. The van der Waals surface area contributed by atoms with Gasteiger partial charge in [0.2, 0.25) is 0 Å².